The number of carbonyl (C=O) groups excluding carboxylic acids is 1. The van der Waals surface area contributed by atoms with E-state index in [0.29, 0.717) is 6.04 Å². The summed E-state index contributed by atoms with van der Waals surface area (Å²) >= 11 is 1.48. The molecule has 1 fully saturated rings. The molecule has 19 heavy (non-hydrogen) atoms. The van der Waals surface area contributed by atoms with Crippen LogP contribution in [0.4, 0.5) is 0 Å². The van der Waals surface area contributed by atoms with Crippen molar-refractivity contribution in [1.29, 1.82) is 0 Å². The average Bonchev–Trinajstić information content (AvgIpc) is 3.10. The van der Waals surface area contributed by atoms with Crippen molar-refractivity contribution >= 4 is 17.7 Å². The second-order valence-corrected chi connectivity index (χ2v) is 7.05. The van der Waals surface area contributed by atoms with Crippen LogP contribution in [0.5, 0.6) is 0 Å². The molecule has 1 aliphatic carbocycles. The lowest BCUT2D eigenvalue weighted by molar-refractivity contribution is -0.121. The summed E-state index contributed by atoms with van der Waals surface area (Å²) in [7, 11) is 0. The van der Waals surface area contributed by atoms with Gasteiger partial charge in [0.05, 0.1) is 5.25 Å². The molecule has 1 atom stereocenters. The van der Waals surface area contributed by atoms with Crippen molar-refractivity contribution < 1.29 is 4.79 Å². The van der Waals surface area contributed by atoms with E-state index >= 15 is 0 Å². The Labute approximate surface area is 118 Å². The van der Waals surface area contributed by atoms with Gasteiger partial charge in [0.2, 0.25) is 5.91 Å². The molecule has 1 aliphatic rings. The van der Waals surface area contributed by atoms with Crippen molar-refractivity contribution in [2.45, 2.75) is 68.9 Å². The van der Waals surface area contributed by atoms with Crippen LogP contribution in [0.2, 0.25) is 0 Å². The van der Waals surface area contributed by atoms with Crippen molar-refractivity contribution in [1.82, 2.24) is 20.1 Å². The quantitative estimate of drug-likeness (QED) is 0.814. The monoisotopic (exact) mass is 282 g/mol. The number of carbonyl (C=O) groups is 1. The Morgan fingerprint density at radius 2 is 2.32 bits per heavy atom. The second-order valence-electron chi connectivity index (χ2n) is 5.74. The summed E-state index contributed by atoms with van der Waals surface area (Å²) in [5, 5.41) is 11.8. The van der Waals surface area contributed by atoms with E-state index in [2.05, 4.69) is 27.0 Å². The maximum absolute atomic E-state index is 12.2. The Morgan fingerprint density at radius 1 is 1.63 bits per heavy atom. The van der Waals surface area contributed by atoms with E-state index in [-0.39, 0.29) is 16.7 Å². The highest BCUT2D eigenvalue weighted by molar-refractivity contribution is 8.00. The Hall–Kier alpha value is -1.04. The highest BCUT2D eigenvalue weighted by Crippen LogP contribution is 2.38. The van der Waals surface area contributed by atoms with Crippen molar-refractivity contribution in [3.63, 3.8) is 0 Å². The molecule has 0 spiro atoms. The van der Waals surface area contributed by atoms with Crippen molar-refractivity contribution in [2.75, 3.05) is 0 Å². The lowest BCUT2D eigenvalue weighted by Crippen LogP contribution is -2.46. The number of aromatic nitrogens is 3. The smallest absolute Gasteiger partial charge is 0.233 e. The van der Waals surface area contributed by atoms with Crippen molar-refractivity contribution in [3.8, 4) is 0 Å². The fourth-order valence-electron chi connectivity index (χ4n) is 1.65. The fraction of sp³-hybridized carbons (Fsp3) is 0.769. The van der Waals surface area contributed by atoms with Crippen LogP contribution >= 0.6 is 11.8 Å². The predicted molar refractivity (Wildman–Crippen MR) is 76.1 cm³/mol. The zero-order valence-corrected chi connectivity index (χ0v) is 12.8. The summed E-state index contributed by atoms with van der Waals surface area (Å²) < 4.78 is 2.08. The number of nitrogens with zero attached hydrogens (tertiary/aromatic N) is 3. The normalized spacial score (nSPS) is 17.3. The van der Waals surface area contributed by atoms with Crippen LogP contribution in [-0.4, -0.2) is 31.5 Å². The molecule has 106 valence electrons. The molecule has 0 aromatic carbocycles. The zero-order chi connectivity index (χ0) is 14.0. The Balaban J connectivity index is 1.94. The molecule has 1 heterocycles. The zero-order valence-electron chi connectivity index (χ0n) is 12.0. The molecule has 5 nitrogen and oxygen atoms in total. The largest absolute Gasteiger partial charge is 0.350 e. The number of amides is 1. The Bertz CT molecular complexity index is 453. The molecule has 0 bridgehead atoms. The highest BCUT2D eigenvalue weighted by atomic mass is 32.2. The molecule has 0 saturated heterocycles. The molecule has 1 amide bonds. The van der Waals surface area contributed by atoms with Gasteiger partial charge in [-0.15, -0.1) is 10.2 Å². The van der Waals surface area contributed by atoms with Crippen LogP contribution in [0.15, 0.2) is 11.5 Å². The first-order valence-electron chi connectivity index (χ1n) is 6.81. The molecule has 1 aromatic rings. The van der Waals surface area contributed by atoms with Gasteiger partial charge < -0.3 is 9.88 Å². The number of hydrogen-bond acceptors (Lipinski definition) is 4. The van der Waals surface area contributed by atoms with E-state index in [0.717, 1.165) is 11.6 Å². The van der Waals surface area contributed by atoms with E-state index in [1.807, 2.05) is 20.8 Å². The predicted octanol–water partition coefficient (Wildman–Crippen LogP) is 2.40. The van der Waals surface area contributed by atoms with Gasteiger partial charge in [-0.3, -0.25) is 4.79 Å². The third kappa shape index (κ3) is 3.72. The number of hydrogen-bond donors (Lipinski definition) is 1. The molecule has 0 aliphatic heterocycles. The van der Waals surface area contributed by atoms with E-state index in [4.69, 9.17) is 0 Å². The molecular weight excluding hydrogens is 260 g/mol. The SMILES string of the molecule is CCC(C)(C)NC(=O)C(C)Sc1nncn1C1CC1. The Kier molecular flexibility index (Phi) is 4.18. The van der Waals surface area contributed by atoms with Crippen LogP contribution in [0, 0.1) is 0 Å². The van der Waals surface area contributed by atoms with Gasteiger partial charge in [0.15, 0.2) is 5.16 Å². The topological polar surface area (TPSA) is 59.8 Å². The minimum Gasteiger partial charge on any atom is -0.350 e. The van der Waals surface area contributed by atoms with E-state index in [1.54, 1.807) is 6.33 Å². The van der Waals surface area contributed by atoms with Gasteiger partial charge in [-0.05, 0) is 40.0 Å². The average molecular weight is 282 g/mol. The van der Waals surface area contributed by atoms with Crippen LogP contribution in [0.3, 0.4) is 0 Å². The lowest BCUT2D eigenvalue weighted by Gasteiger charge is -2.26. The first kappa shape index (κ1) is 14.4. The maximum atomic E-state index is 12.2. The lowest BCUT2D eigenvalue weighted by atomic mass is 10.0. The standard InChI is InChI=1S/C13H22N4OS/c1-5-13(3,4)15-11(18)9(2)19-12-16-14-8-17(12)10-6-7-10/h8-10H,5-7H2,1-4H3,(H,15,18). The van der Waals surface area contributed by atoms with Gasteiger partial charge in [0, 0.05) is 11.6 Å². The molecule has 1 saturated carbocycles. The second kappa shape index (κ2) is 5.53. The van der Waals surface area contributed by atoms with Crippen LogP contribution < -0.4 is 5.32 Å². The van der Waals surface area contributed by atoms with Crippen LogP contribution in [0.25, 0.3) is 0 Å². The summed E-state index contributed by atoms with van der Waals surface area (Å²) in [6.07, 6.45) is 5.05. The number of nitrogens with one attached hydrogen (secondary N) is 1. The third-order valence-electron chi connectivity index (χ3n) is 3.48. The molecule has 6 heteroatoms. The summed E-state index contributed by atoms with van der Waals surface area (Å²) in [6, 6.07) is 0.542. The van der Waals surface area contributed by atoms with Crippen LogP contribution in [-0.2, 0) is 4.79 Å². The summed E-state index contributed by atoms with van der Waals surface area (Å²) in [6.45, 7) is 8.06. The number of thioether (sulfide) groups is 1. The van der Waals surface area contributed by atoms with Gasteiger partial charge >= 0.3 is 0 Å². The maximum Gasteiger partial charge on any atom is 0.233 e. The summed E-state index contributed by atoms with van der Waals surface area (Å²) in [5.74, 6) is 0.0576. The van der Waals surface area contributed by atoms with Crippen LogP contribution in [0.1, 0.15) is 53.0 Å². The van der Waals surface area contributed by atoms with Gasteiger partial charge in [0.25, 0.3) is 0 Å². The molecule has 1 N–H and O–H groups in total. The highest BCUT2D eigenvalue weighted by Gasteiger charge is 2.29. The van der Waals surface area contributed by atoms with Gasteiger partial charge in [-0.1, -0.05) is 18.7 Å². The summed E-state index contributed by atoms with van der Waals surface area (Å²) in [4.78, 5) is 12.2. The Morgan fingerprint density at radius 3 is 2.89 bits per heavy atom. The fourth-order valence-corrected chi connectivity index (χ4v) is 2.55. The summed E-state index contributed by atoms with van der Waals surface area (Å²) in [5.41, 5.74) is -0.157. The van der Waals surface area contributed by atoms with Crippen molar-refractivity contribution in [3.05, 3.63) is 6.33 Å². The minimum absolute atomic E-state index is 0.0576. The third-order valence-corrected chi connectivity index (χ3v) is 4.55. The molecular formula is C13H22N4OS. The number of rotatable bonds is 6. The van der Waals surface area contributed by atoms with E-state index < -0.39 is 0 Å². The first-order valence-corrected chi connectivity index (χ1v) is 7.69. The molecule has 0 radical (unpaired) electrons. The molecule has 1 unspecified atom stereocenters. The molecule has 1 aromatic heterocycles. The van der Waals surface area contributed by atoms with E-state index in [1.165, 1.54) is 24.6 Å². The van der Waals surface area contributed by atoms with Gasteiger partial charge in [0.1, 0.15) is 6.33 Å². The van der Waals surface area contributed by atoms with Gasteiger partial charge in [-0.25, -0.2) is 0 Å². The minimum atomic E-state index is -0.160. The van der Waals surface area contributed by atoms with Gasteiger partial charge in [-0.2, -0.15) is 0 Å². The molecule has 2 rings (SSSR count). The van der Waals surface area contributed by atoms with E-state index in [9.17, 15) is 4.79 Å². The first-order chi connectivity index (χ1) is 8.93. The van der Waals surface area contributed by atoms with Crippen molar-refractivity contribution in [2.24, 2.45) is 0 Å².